The summed E-state index contributed by atoms with van der Waals surface area (Å²) in [4.78, 5) is 1.19. The molecule has 0 amide bonds. The Kier molecular flexibility index (Phi) is 4.56. The molecule has 0 aliphatic heterocycles. The van der Waals surface area contributed by atoms with Crippen LogP contribution in [-0.4, -0.2) is 18.8 Å². The Bertz CT molecular complexity index is 338. The maximum atomic E-state index is 6.13. The summed E-state index contributed by atoms with van der Waals surface area (Å²) in [5.41, 5.74) is 0. The Hall–Kier alpha value is -0.180. The lowest BCUT2D eigenvalue weighted by molar-refractivity contribution is 0.536. The van der Waals surface area contributed by atoms with Crippen molar-refractivity contribution in [2.45, 2.75) is 30.2 Å². The van der Waals surface area contributed by atoms with E-state index in [0.717, 1.165) is 16.7 Å². The van der Waals surface area contributed by atoms with Gasteiger partial charge in [-0.15, -0.1) is 11.8 Å². The molecule has 0 bridgehead atoms. The van der Waals surface area contributed by atoms with Gasteiger partial charge in [0.25, 0.3) is 0 Å². The van der Waals surface area contributed by atoms with Gasteiger partial charge < -0.3 is 5.32 Å². The second-order valence-corrected chi connectivity index (χ2v) is 5.88. The van der Waals surface area contributed by atoms with Crippen molar-refractivity contribution in [3.8, 4) is 0 Å². The molecule has 1 N–H and O–H groups in total. The molecule has 1 nitrogen and oxygen atoms in total. The Balaban J connectivity index is 1.82. The average molecular weight is 256 g/mol. The minimum absolute atomic E-state index is 0.619. The third-order valence-electron chi connectivity index (χ3n) is 3.00. The monoisotopic (exact) mass is 255 g/mol. The summed E-state index contributed by atoms with van der Waals surface area (Å²) in [6.07, 6.45) is 4.16. The number of hydrogen-bond donors (Lipinski definition) is 1. The van der Waals surface area contributed by atoms with Gasteiger partial charge in [-0.05, 0) is 31.5 Å². The highest BCUT2D eigenvalue weighted by Gasteiger charge is 2.24. The minimum Gasteiger partial charge on any atom is -0.316 e. The van der Waals surface area contributed by atoms with Gasteiger partial charge in [-0.1, -0.05) is 36.6 Å². The smallest absolute Gasteiger partial charge is 0.0541 e. The lowest BCUT2D eigenvalue weighted by Crippen LogP contribution is -2.28. The van der Waals surface area contributed by atoms with Crippen LogP contribution in [-0.2, 0) is 0 Å². The molecule has 1 fully saturated rings. The first-order valence-electron chi connectivity index (χ1n) is 5.84. The van der Waals surface area contributed by atoms with Crippen molar-refractivity contribution >= 4 is 23.4 Å². The minimum atomic E-state index is 0.619. The van der Waals surface area contributed by atoms with Gasteiger partial charge in [0.15, 0.2) is 0 Å². The van der Waals surface area contributed by atoms with Gasteiger partial charge in [0.05, 0.1) is 5.02 Å². The van der Waals surface area contributed by atoms with Gasteiger partial charge in [0.1, 0.15) is 0 Å². The number of thioether (sulfide) groups is 1. The second kappa shape index (κ2) is 5.95. The van der Waals surface area contributed by atoms with Crippen LogP contribution < -0.4 is 5.32 Å². The largest absolute Gasteiger partial charge is 0.316 e. The molecule has 3 heteroatoms. The molecule has 0 heterocycles. The number of halogens is 1. The number of rotatable bonds is 6. The van der Waals surface area contributed by atoms with Crippen molar-refractivity contribution in [2.24, 2.45) is 5.92 Å². The van der Waals surface area contributed by atoms with Crippen molar-refractivity contribution in [3.05, 3.63) is 29.3 Å². The zero-order valence-electron chi connectivity index (χ0n) is 9.58. The quantitative estimate of drug-likeness (QED) is 0.776. The zero-order valence-corrected chi connectivity index (χ0v) is 11.2. The second-order valence-electron chi connectivity index (χ2n) is 4.41. The van der Waals surface area contributed by atoms with Crippen LogP contribution in [0.1, 0.15) is 19.3 Å². The molecule has 1 aromatic carbocycles. The normalized spacial score (nSPS) is 17.4. The van der Waals surface area contributed by atoms with E-state index < -0.39 is 0 Å². The molecule has 16 heavy (non-hydrogen) atoms. The van der Waals surface area contributed by atoms with Gasteiger partial charge in [-0.25, -0.2) is 0 Å². The van der Waals surface area contributed by atoms with E-state index in [1.54, 1.807) is 0 Å². The van der Waals surface area contributed by atoms with Gasteiger partial charge in [-0.3, -0.25) is 0 Å². The summed E-state index contributed by atoms with van der Waals surface area (Å²) >= 11 is 7.98. The molecule has 1 aromatic rings. The Morgan fingerprint density at radius 2 is 2.19 bits per heavy atom. The fourth-order valence-corrected chi connectivity index (χ4v) is 3.14. The van der Waals surface area contributed by atoms with Crippen LogP contribution >= 0.6 is 23.4 Å². The Morgan fingerprint density at radius 1 is 1.44 bits per heavy atom. The van der Waals surface area contributed by atoms with E-state index in [2.05, 4.69) is 18.4 Å². The van der Waals surface area contributed by atoms with E-state index >= 15 is 0 Å². The van der Waals surface area contributed by atoms with Gasteiger partial charge in [0.2, 0.25) is 0 Å². The number of hydrogen-bond acceptors (Lipinski definition) is 2. The first-order chi connectivity index (χ1) is 7.79. The molecule has 1 aliphatic rings. The highest BCUT2D eigenvalue weighted by atomic mass is 35.5. The SMILES string of the molecule is CNC(CSc1ccccc1Cl)CC1CC1. The highest BCUT2D eigenvalue weighted by molar-refractivity contribution is 7.99. The number of nitrogens with one attached hydrogen (secondary N) is 1. The van der Waals surface area contributed by atoms with Crippen LogP contribution in [0, 0.1) is 5.92 Å². The van der Waals surface area contributed by atoms with Crippen molar-refractivity contribution in [1.29, 1.82) is 0 Å². The van der Waals surface area contributed by atoms with Crippen LogP contribution in [0.15, 0.2) is 29.2 Å². The molecule has 0 radical (unpaired) electrons. The van der Waals surface area contributed by atoms with Crippen molar-refractivity contribution in [1.82, 2.24) is 5.32 Å². The van der Waals surface area contributed by atoms with Gasteiger partial charge in [0, 0.05) is 16.7 Å². The summed E-state index contributed by atoms with van der Waals surface area (Å²) in [5.74, 6) is 2.08. The summed E-state index contributed by atoms with van der Waals surface area (Å²) in [5, 5.41) is 4.27. The summed E-state index contributed by atoms with van der Waals surface area (Å²) in [6.45, 7) is 0. The molecule has 88 valence electrons. The number of benzene rings is 1. The van der Waals surface area contributed by atoms with E-state index in [-0.39, 0.29) is 0 Å². The predicted octanol–water partition coefficient (Wildman–Crippen LogP) is 3.82. The third-order valence-corrected chi connectivity index (χ3v) is 4.68. The van der Waals surface area contributed by atoms with Crippen LogP contribution in [0.5, 0.6) is 0 Å². The third kappa shape index (κ3) is 3.69. The van der Waals surface area contributed by atoms with Crippen molar-refractivity contribution in [2.75, 3.05) is 12.8 Å². The molecule has 1 atom stereocenters. The van der Waals surface area contributed by atoms with Crippen LogP contribution in [0.2, 0.25) is 5.02 Å². The van der Waals surface area contributed by atoms with Crippen molar-refractivity contribution in [3.63, 3.8) is 0 Å². The summed E-state index contributed by atoms with van der Waals surface area (Å²) < 4.78 is 0. The highest BCUT2D eigenvalue weighted by Crippen LogP contribution is 2.35. The van der Waals surface area contributed by atoms with Gasteiger partial charge in [-0.2, -0.15) is 0 Å². The summed E-state index contributed by atoms with van der Waals surface area (Å²) in [7, 11) is 2.06. The van der Waals surface area contributed by atoms with Crippen LogP contribution in [0.4, 0.5) is 0 Å². The lowest BCUT2D eigenvalue weighted by atomic mass is 10.2. The van der Waals surface area contributed by atoms with Crippen LogP contribution in [0.3, 0.4) is 0 Å². The molecule has 0 spiro atoms. The Labute approximate surface area is 107 Å². The Morgan fingerprint density at radius 3 is 2.81 bits per heavy atom. The van der Waals surface area contributed by atoms with E-state index in [9.17, 15) is 0 Å². The zero-order chi connectivity index (χ0) is 11.4. The van der Waals surface area contributed by atoms with E-state index in [1.165, 1.54) is 24.2 Å². The first kappa shape index (κ1) is 12.3. The molecular weight excluding hydrogens is 238 g/mol. The molecule has 0 saturated heterocycles. The van der Waals surface area contributed by atoms with Gasteiger partial charge >= 0.3 is 0 Å². The van der Waals surface area contributed by atoms with Crippen molar-refractivity contribution < 1.29 is 0 Å². The van der Waals surface area contributed by atoms with Crippen LogP contribution in [0.25, 0.3) is 0 Å². The lowest BCUT2D eigenvalue weighted by Gasteiger charge is -2.15. The van der Waals surface area contributed by atoms with E-state index in [4.69, 9.17) is 11.6 Å². The van der Waals surface area contributed by atoms with E-state index in [1.807, 2.05) is 30.0 Å². The maximum Gasteiger partial charge on any atom is 0.0541 e. The molecule has 1 aliphatic carbocycles. The molecule has 2 rings (SSSR count). The molecule has 1 unspecified atom stereocenters. The molecule has 1 saturated carbocycles. The average Bonchev–Trinajstić information content (AvgIpc) is 3.10. The standard InChI is InChI=1S/C13H18ClNS/c1-15-11(8-10-6-7-10)9-16-13-5-3-2-4-12(13)14/h2-5,10-11,15H,6-9H2,1H3. The fourth-order valence-electron chi connectivity index (χ4n) is 1.78. The van der Waals surface area contributed by atoms with E-state index in [0.29, 0.717) is 6.04 Å². The first-order valence-corrected chi connectivity index (χ1v) is 7.20. The summed E-state index contributed by atoms with van der Waals surface area (Å²) in [6, 6.07) is 8.69. The molecule has 0 aromatic heterocycles. The fraction of sp³-hybridized carbons (Fsp3) is 0.538. The molecular formula is C13H18ClNS. The maximum absolute atomic E-state index is 6.13. The predicted molar refractivity (Wildman–Crippen MR) is 72.4 cm³/mol. The topological polar surface area (TPSA) is 12.0 Å².